The van der Waals surface area contributed by atoms with Gasteiger partial charge in [0.25, 0.3) is 0 Å². The number of likely N-dealkylation sites (N-methyl/N-ethyl adjacent to an activating group) is 1. The minimum atomic E-state index is 0. The topological polar surface area (TPSA) is 12.5 Å². The summed E-state index contributed by atoms with van der Waals surface area (Å²) in [5.41, 5.74) is 0. The zero-order chi connectivity index (χ0) is 9.40. The summed E-state index contributed by atoms with van der Waals surface area (Å²) in [7, 11) is 1.81. The summed E-state index contributed by atoms with van der Waals surface area (Å²) in [6.45, 7) is 9.77. The maximum Gasteiger partial charge on any atom is 0.0698 e. The zero-order valence-electron chi connectivity index (χ0n) is 8.97. The lowest BCUT2D eigenvalue weighted by molar-refractivity contribution is 0.0334. The van der Waals surface area contributed by atoms with Crippen molar-refractivity contribution in [3.8, 4) is 0 Å². The lowest BCUT2D eigenvalue weighted by atomic mass is 10.1. The molecular weight excluding hydrogens is 162 g/mol. The van der Waals surface area contributed by atoms with Gasteiger partial charge in [0.05, 0.1) is 6.10 Å². The first-order chi connectivity index (χ1) is 5.86. The molecule has 0 radical (unpaired) electrons. The molecular formula is C11H27NO. The van der Waals surface area contributed by atoms with E-state index in [1.807, 2.05) is 21.0 Å². The smallest absolute Gasteiger partial charge is 0.0698 e. The van der Waals surface area contributed by atoms with Crippen molar-refractivity contribution >= 4 is 0 Å². The molecule has 0 spiro atoms. The van der Waals surface area contributed by atoms with Crippen LogP contribution in [-0.4, -0.2) is 37.7 Å². The molecule has 0 aromatic heterocycles. The van der Waals surface area contributed by atoms with Crippen LogP contribution in [0.5, 0.6) is 0 Å². The Hall–Kier alpha value is -0.0800. The molecule has 2 heteroatoms. The van der Waals surface area contributed by atoms with Gasteiger partial charge in [0.1, 0.15) is 0 Å². The number of hydrogen-bond donors (Lipinski definition) is 0. The molecule has 0 amide bonds. The number of rotatable bonds is 2. The minimum Gasteiger partial charge on any atom is -0.380 e. The molecule has 0 bridgehead atoms. The van der Waals surface area contributed by atoms with Crippen LogP contribution in [0, 0.1) is 0 Å². The number of piperidine rings is 1. The van der Waals surface area contributed by atoms with Crippen LogP contribution in [0.4, 0.5) is 0 Å². The van der Waals surface area contributed by atoms with E-state index < -0.39 is 0 Å². The van der Waals surface area contributed by atoms with Gasteiger partial charge in [-0.15, -0.1) is 0 Å². The van der Waals surface area contributed by atoms with Gasteiger partial charge in [-0.2, -0.15) is 0 Å². The minimum absolute atomic E-state index is 0. The molecule has 0 aromatic rings. The molecule has 82 valence electrons. The van der Waals surface area contributed by atoms with Crippen molar-refractivity contribution in [1.82, 2.24) is 4.90 Å². The van der Waals surface area contributed by atoms with Crippen LogP contribution in [0.2, 0.25) is 0 Å². The second-order valence-corrected chi connectivity index (χ2v) is 2.89. The van der Waals surface area contributed by atoms with E-state index in [1.54, 1.807) is 0 Å². The van der Waals surface area contributed by atoms with Crippen molar-refractivity contribution < 1.29 is 4.74 Å². The standard InChI is InChI=1S/C8H17NO.C2H6.CH4/c1-3-9-6-4-5-8(7-9)10-2;1-2;/h8H,3-7H2,1-2H3;1-2H3;1H4. The molecule has 1 atom stereocenters. The Morgan fingerprint density at radius 1 is 1.38 bits per heavy atom. The zero-order valence-corrected chi connectivity index (χ0v) is 8.97. The third-order valence-electron chi connectivity index (χ3n) is 2.24. The highest BCUT2D eigenvalue weighted by Gasteiger charge is 2.17. The van der Waals surface area contributed by atoms with Crippen molar-refractivity contribution in [2.24, 2.45) is 0 Å². The molecule has 1 fully saturated rings. The summed E-state index contributed by atoms with van der Waals surface area (Å²) in [6, 6.07) is 0. The second-order valence-electron chi connectivity index (χ2n) is 2.89. The van der Waals surface area contributed by atoms with Crippen LogP contribution >= 0.6 is 0 Å². The highest BCUT2D eigenvalue weighted by Crippen LogP contribution is 2.11. The summed E-state index contributed by atoms with van der Waals surface area (Å²) in [5, 5.41) is 0. The summed E-state index contributed by atoms with van der Waals surface area (Å²) in [6.07, 6.45) is 3.04. The third-order valence-corrected chi connectivity index (χ3v) is 2.24. The van der Waals surface area contributed by atoms with Crippen molar-refractivity contribution in [2.45, 2.75) is 47.1 Å². The summed E-state index contributed by atoms with van der Waals surface area (Å²) < 4.78 is 5.28. The van der Waals surface area contributed by atoms with Gasteiger partial charge in [0, 0.05) is 13.7 Å². The van der Waals surface area contributed by atoms with E-state index in [1.165, 1.54) is 25.9 Å². The number of likely N-dealkylation sites (tertiary alicyclic amines) is 1. The molecule has 0 N–H and O–H groups in total. The molecule has 1 saturated heterocycles. The van der Waals surface area contributed by atoms with Gasteiger partial charge < -0.3 is 9.64 Å². The monoisotopic (exact) mass is 189 g/mol. The molecule has 1 unspecified atom stereocenters. The van der Waals surface area contributed by atoms with Crippen molar-refractivity contribution in [3.05, 3.63) is 0 Å². The summed E-state index contributed by atoms with van der Waals surface area (Å²) in [5.74, 6) is 0. The lowest BCUT2D eigenvalue weighted by Gasteiger charge is -2.30. The van der Waals surface area contributed by atoms with Crippen LogP contribution in [0.1, 0.15) is 41.0 Å². The second kappa shape index (κ2) is 10.0. The quantitative estimate of drug-likeness (QED) is 0.662. The molecule has 1 rings (SSSR count). The van der Waals surface area contributed by atoms with Crippen molar-refractivity contribution in [3.63, 3.8) is 0 Å². The molecule has 1 aliphatic heterocycles. The first kappa shape index (κ1) is 15.4. The average Bonchev–Trinajstić information content (AvgIpc) is 2.21. The molecule has 0 saturated carbocycles. The Morgan fingerprint density at radius 2 is 2.00 bits per heavy atom. The number of nitrogens with zero attached hydrogens (tertiary/aromatic N) is 1. The van der Waals surface area contributed by atoms with Crippen molar-refractivity contribution in [1.29, 1.82) is 0 Å². The van der Waals surface area contributed by atoms with E-state index in [9.17, 15) is 0 Å². The van der Waals surface area contributed by atoms with E-state index in [0.29, 0.717) is 6.10 Å². The van der Waals surface area contributed by atoms with Crippen molar-refractivity contribution in [2.75, 3.05) is 26.7 Å². The fraction of sp³-hybridized carbons (Fsp3) is 1.00. The van der Waals surface area contributed by atoms with Crippen LogP contribution in [0.15, 0.2) is 0 Å². The van der Waals surface area contributed by atoms with Crippen LogP contribution < -0.4 is 0 Å². The predicted molar refractivity (Wildman–Crippen MR) is 60.2 cm³/mol. The number of methoxy groups -OCH3 is 1. The van der Waals surface area contributed by atoms with Crippen LogP contribution in [-0.2, 0) is 4.74 Å². The molecule has 1 heterocycles. The first-order valence-corrected chi connectivity index (χ1v) is 5.12. The van der Waals surface area contributed by atoms with Gasteiger partial charge in [0.15, 0.2) is 0 Å². The van der Waals surface area contributed by atoms with Gasteiger partial charge in [-0.3, -0.25) is 0 Å². The molecule has 2 nitrogen and oxygen atoms in total. The van der Waals surface area contributed by atoms with Gasteiger partial charge in [-0.1, -0.05) is 28.2 Å². The Balaban J connectivity index is 0. The van der Waals surface area contributed by atoms with E-state index in [2.05, 4.69) is 11.8 Å². The van der Waals surface area contributed by atoms with E-state index in [0.717, 1.165) is 6.54 Å². The summed E-state index contributed by atoms with van der Waals surface area (Å²) >= 11 is 0. The van der Waals surface area contributed by atoms with Crippen LogP contribution in [0.3, 0.4) is 0 Å². The Morgan fingerprint density at radius 3 is 2.46 bits per heavy atom. The highest BCUT2D eigenvalue weighted by atomic mass is 16.5. The normalized spacial score (nSPS) is 22.6. The van der Waals surface area contributed by atoms with E-state index in [4.69, 9.17) is 4.74 Å². The fourth-order valence-electron chi connectivity index (χ4n) is 1.49. The number of ether oxygens (including phenoxy) is 1. The molecule has 0 aromatic carbocycles. The highest BCUT2D eigenvalue weighted by molar-refractivity contribution is 4.71. The first-order valence-electron chi connectivity index (χ1n) is 5.12. The SMILES string of the molecule is C.CC.CCN1CCCC(OC)C1. The van der Waals surface area contributed by atoms with Crippen LogP contribution in [0.25, 0.3) is 0 Å². The molecule has 1 aliphatic rings. The maximum absolute atomic E-state index is 5.28. The van der Waals surface area contributed by atoms with E-state index in [-0.39, 0.29) is 7.43 Å². The Kier molecular flexibility index (Phi) is 11.8. The third kappa shape index (κ3) is 6.05. The Bertz CT molecular complexity index is 86.1. The molecule has 13 heavy (non-hydrogen) atoms. The van der Waals surface area contributed by atoms with Gasteiger partial charge in [-0.05, 0) is 25.9 Å². The summed E-state index contributed by atoms with van der Waals surface area (Å²) in [4.78, 5) is 2.44. The fourth-order valence-corrected chi connectivity index (χ4v) is 1.49. The Labute approximate surface area is 84.3 Å². The van der Waals surface area contributed by atoms with E-state index >= 15 is 0 Å². The molecule has 0 aliphatic carbocycles. The average molecular weight is 189 g/mol. The maximum atomic E-state index is 5.28. The predicted octanol–water partition coefficient (Wildman–Crippen LogP) is 2.78. The largest absolute Gasteiger partial charge is 0.380 e. The number of hydrogen-bond acceptors (Lipinski definition) is 2. The van der Waals surface area contributed by atoms with Gasteiger partial charge in [-0.25, -0.2) is 0 Å². The van der Waals surface area contributed by atoms with Gasteiger partial charge >= 0.3 is 0 Å². The lowest BCUT2D eigenvalue weighted by Crippen LogP contribution is -2.38. The van der Waals surface area contributed by atoms with Gasteiger partial charge in [0.2, 0.25) is 0 Å².